The van der Waals surface area contributed by atoms with Gasteiger partial charge in [0.1, 0.15) is 0 Å². The van der Waals surface area contributed by atoms with Gasteiger partial charge in [-0.05, 0) is 48.7 Å². The number of hydrogen-bond acceptors (Lipinski definition) is 4. The van der Waals surface area contributed by atoms with E-state index in [1.54, 1.807) is 24.3 Å². The van der Waals surface area contributed by atoms with E-state index in [9.17, 15) is 27.6 Å². The van der Waals surface area contributed by atoms with Crippen molar-refractivity contribution in [1.29, 1.82) is 0 Å². The summed E-state index contributed by atoms with van der Waals surface area (Å²) in [5.41, 5.74) is -0.394. The first-order valence-electron chi connectivity index (χ1n) is 10.9. The van der Waals surface area contributed by atoms with Crippen LogP contribution in [0, 0.1) is 12.8 Å². The highest BCUT2D eigenvalue weighted by Crippen LogP contribution is 2.30. The first-order valence-corrected chi connectivity index (χ1v) is 10.9. The van der Waals surface area contributed by atoms with Gasteiger partial charge < -0.3 is 10.6 Å². The van der Waals surface area contributed by atoms with Crippen molar-refractivity contribution < 1.29 is 22.8 Å². The first kappa shape index (κ1) is 25.7. The summed E-state index contributed by atoms with van der Waals surface area (Å²) in [6, 6.07) is 12.5. The van der Waals surface area contributed by atoms with Crippen LogP contribution in [0.25, 0.3) is 5.69 Å². The Hall–Kier alpha value is -3.95. The summed E-state index contributed by atoms with van der Waals surface area (Å²) in [6.45, 7) is 5.43. The number of alkyl halides is 3. The Kier molecular flexibility index (Phi) is 7.73. The lowest BCUT2D eigenvalue weighted by Gasteiger charge is -2.14. The molecule has 0 bridgehead atoms. The topological polar surface area (TPSA) is 93.1 Å². The maximum atomic E-state index is 13.1. The van der Waals surface area contributed by atoms with Gasteiger partial charge in [-0.2, -0.15) is 18.3 Å². The number of benzene rings is 2. The van der Waals surface area contributed by atoms with Gasteiger partial charge >= 0.3 is 6.18 Å². The summed E-state index contributed by atoms with van der Waals surface area (Å²) >= 11 is 0. The SMILES string of the molecule is Cc1cc(=O)c(C(=O)NCc2cccc(NC(=O)CC(C)C)c2)nn1-c1cccc(C(F)(F)F)c1. The molecule has 184 valence electrons. The second-order valence-electron chi connectivity index (χ2n) is 8.49. The third-order valence-electron chi connectivity index (χ3n) is 5.00. The molecule has 0 radical (unpaired) electrons. The quantitative estimate of drug-likeness (QED) is 0.515. The van der Waals surface area contributed by atoms with E-state index >= 15 is 0 Å². The number of nitrogens with one attached hydrogen (secondary N) is 2. The molecule has 35 heavy (non-hydrogen) atoms. The van der Waals surface area contributed by atoms with Gasteiger partial charge in [0.25, 0.3) is 5.91 Å². The Morgan fingerprint density at radius 3 is 2.46 bits per heavy atom. The number of rotatable bonds is 7. The standard InChI is InChI=1S/C25H25F3N4O3/c1-15(2)10-22(34)30-19-8-4-6-17(12-19)14-29-24(35)23-21(33)11-16(3)32(31-23)20-9-5-7-18(13-20)25(26,27)28/h4-9,11-13,15H,10,14H2,1-3H3,(H,29,35)(H,30,34). The molecule has 0 saturated heterocycles. The molecule has 3 aromatic rings. The van der Waals surface area contributed by atoms with Gasteiger partial charge in [0.05, 0.1) is 11.3 Å². The molecule has 1 aromatic heterocycles. The minimum atomic E-state index is -4.55. The van der Waals surface area contributed by atoms with Crippen LogP contribution >= 0.6 is 0 Å². The van der Waals surface area contributed by atoms with Crippen LogP contribution in [0.2, 0.25) is 0 Å². The van der Waals surface area contributed by atoms with E-state index < -0.39 is 28.8 Å². The average molecular weight is 486 g/mol. The van der Waals surface area contributed by atoms with E-state index in [0.717, 1.165) is 22.9 Å². The molecular formula is C25H25F3N4O3. The number of carbonyl (C=O) groups excluding carboxylic acids is 2. The van der Waals surface area contributed by atoms with Crippen molar-refractivity contribution in [3.05, 3.63) is 87.3 Å². The van der Waals surface area contributed by atoms with Crippen LogP contribution in [0.1, 0.15) is 47.6 Å². The Morgan fingerprint density at radius 1 is 1.06 bits per heavy atom. The monoisotopic (exact) mass is 486 g/mol. The largest absolute Gasteiger partial charge is 0.416 e. The lowest BCUT2D eigenvalue weighted by atomic mass is 10.1. The molecule has 7 nitrogen and oxygen atoms in total. The molecule has 0 aliphatic heterocycles. The van der Waals surface area contributed by atoms with Crippen molar-refractivity contribution in [3.63, 3.8) is 0 Å². The molecule has 1 heterocycles. The molecule has 0 aliphatic carbocycles. The van der Waals surface area contributed by atoms with E-state index in [4.69, 9.17) is 0 Å². The molecule has 0 unspecified atom stereocenters. The van der Waals surface area contributed by atoms with Crippen molar-refractivity contribution in [2.45, 2.75) is 39.9 Å². The second kappa shape index (κ2) is 10.5. The number of halogens is 3. The number of aryl methyl sites for hydroxylation is 1. The van der Waals surface area contributed by atoms with E-state index in [-0.39, 0.29) is 29.8 Å². The Morgan fingerprint density at radius 2 is 1.77 bits per heavy atom. The molecule has 2 amide bonds. The highest BCUT2D eigenvalue weighted by atomic mass is 19.4. The molecule has 0 spiro atoms. The zero-order chi connectivity index (χ0) is 25.8. The van der Waals surface area contributed by atoms with Gasteiger partial charge in [-0.15, -0.1) is 0 Å². The lowest BCUT2D eigenvalue weighted by Crippen LogP contribution is -2.31. The van der Waals surface area contributed by atoms with Crippen molar-refractivity contribution in [2.24, 2.45) is 5.92 Å². The van der Waals surface area contributed by atoms with Gasteiger partial charge in [0, 0.05) is 30.4 Å². The van der Waals surface area contributed by atoms with Gasteiger partial charge in [-0.3, -0.25) is 14.4 Å². The van der Waals surface area contributed by atoms with Crippen LogP contribution in [0.4, 0.5) is 18.9 Å². The molecular weight excluding hydrogens is 461 g/mol. The van der Waals surface area contributed by atoms with Crippen molar-refractivity contribution in [3.8, 4) is 5.69 Å². The molecule has 0 aliphatic rings. The van der Waals surface area contributed by atoms with Gasteiger partial charge in [-0.1, -0.05) is 32.0 Å². The third-order valence-corrected chi connectivity index (χ3v) is 5.00. The minimum Gasteiger partial charge on any atom is -0.346 e. The smallest absolute Gasteiger partial charge is 0.346 e. The fourth-order valence-electron chi connectivity index (χ4n) is 3.39. The fraction of sp³-hybridized carbons (Fsp3) is 0.280. The third kappa shape index (κ3) is 6.78. The van der Waals surface area contributed by atoms with Crippen LogP contribution in [-0.2, 0) is 17.5 Å². The normalized spacial score (nSPS) is 11.4. The summed E-state index contributed by atoms with van der Waals surface area (Å²) in [7, 11) is 0. The van der Waals surface area contributed by atoms with Gasteiger partial charge in [0.2, 0.25) is 11.3 Å². The number of aromatic nitrogens is 2. The summed E-state index contributed by atoms with van der Waals surface area (Å²) in [5.74, 6) is -0.690. The Labute approximate surface area is 200 Å². The molecule has 0 fully saturated rings. The molecule has 0 saturated carbocycles. The van der Waals surface area contributed by atoms with Gasteiger partial charge in [0.15, 0.2) is 5.69 Å². The number of hydrogen-bond donors (Lipinski definition) is 2. The van der Waals surface area contributed by atoms with Crippen molar-refractivity contribution >= 4 is 17.5 Å². The van der Waals surface area contributed by atoms with Crippen LogP contribution in [0.5, 0.6) is 0 Å². The maximum absolute atomic E-state index is 13.1. The zero-order valence-corrected chi connectivity index (χ0v) is 19.4. The van der Waals surface area contributed by atoms with Crippen molar-refractivity contribution in [1.82, 2.24) is 15.1 Å². The second-order valence-corrected chi connectivity index (χ2v) is 8.49. The number of amides is 2. The molecule has 3 rings (SSSR count). The van der Waals surface area contributed by atoms with Crippen LogP contribution in [-0.4, -0.2) is 21.6 Å². The maximum Gasteiger partial charge on any atom is 0.416 e. The molecule has 2 aromatic carbocycles. The van der Waals surface area contributed by atoms with Crippen molar-refractivity contribution in [2.75, 3.05) is 5.32 Å². The average Bonchev–Trinajstić information content (AvgIpc) is 2.77. The number of nitrogens with zero attached hydrogens (tertiary/aromatic N) is 2. The number of carbonyl (C=O) groups is 2. The van der Waals surface area contributed by atoms with E-state index in [2.05, 4.69) is 15.7 Å². The molecule has 2 N–H and O–H groups in total. The summed E-state index contributed by atoms with van der Waals surface area (Å²) in [5, 5.41) is 9.42. The fourth-order valence-corrected chi connectivity index (χ4v) is 3.39. The van der Waals surface area contributed by atoms with Crippen LogP contribution < -0.4 is 16.1 Å². The van der Waals surface area contributed by atoms with Crippen LogP contribution in [0.3, 0.4) is 0 Å². The first-order chi connectivity index (χ1) is 16.4. The van der Waals surface area contributed by atoms with Crippen LogP contribution in [0.15, 0.2) is 59.4 Å². The predicted octanol–water partition coefficient (Wildman–Crippen LogP) is 4.47. The summed E-state index contributed by atoms with van der Waals surface area (Å²) < 4.78 is 40.4. The van der Waals surface area contributed by atoms with E-state index in [1.807, 2.05) is 13.8 Å². The predicted molar refractivity (Wildman–Crippen MR) is 125 cm³/mol. The molecule has 0 atom stereocenters. The van der Waals surface area contributed by atoms with E-state index in [1.165, 1.54) is 19.1 Å². The highest BCUT2D eigenvalue weighted by molar-refractivity contribution is 5.92. The van der Waals surface area contributed by atoms with Gasteiger partial charge in [-0.25, -0.2) is 4.68 Å². The molecule has 10 heteroatoms. The lowest BCUT2D eigenvalue weighted by molar-refractivity contribution is -0.137. The summed E-state index contributed by atoms with van der Waals surface area (Å²) in [6.07, 6.45) is -4.18. The highest BCUT2D eigenvalue weighted by Gasteiger charge is 2.30. The zero-order valence-electron chi connectivity index (χ0n) is 19.4. The minimum absolute atomic E-state index is 0.0469. The number of anilines is 1. The Balaban J connectivity index is 1.78. The Bertz CT molecular complexity index is 1300. The van der Waals surface area contributed by atoms with E-state index in [0.29, 0.717) is 17.7 Å². The summed E-state index contributed by atoms with van der Waals surface area (Å²) in [4.78, 5) is 37.1.